The third kappa shape index (κ3) is 0.608. The SMILES string of the molecule is CC1(C)[C@@]2(C)CC[C@@]1(C)C(=O)C2=O. The third-order valence-corrected chi connectivity index (χ3v) is 5.09. The lowest BCUT2D eigenvalue weighted by molar-refractivity contribution is -0.143. The van der Waals surface area contributed by atoms with Crippen LogP contribution in [0.25, 0.3) is 0 Å². The summed E-state index contributed by atoms with van der Waals surface area (Å²) in [6.45, 7) is 8.02. The van der Waals surface area contributed by atoms with E-state index in [2.05, 4.69) is 13.8 Å². The normalized spacial score (nSPS) is 47.4. The summed E-state index contributed by atoms with van der Waals surface area (Å²) in [5.41, 5.74) is -0.939. The fourth-order valence-corrected chi connectivity index (χ4v) is 3.03. The first-order valence-electron chi connectivity index (χ1n) is 4.87. The molecule has 2 rings (SSSR count). The van der Waals surface area contributed by atoms with E-state index in [1.54, 1.807) is 0 Å². The Kier molecular flexibility index (Phi) is 1.30. The van der Waals surface area contributed by atoms with E-state index in [1.807, 2.05) is 13.8 Å². The molecule has 0 spiro atoms. The van der Waals surface area contributed by atoms with Crippen molar-refractivity contribution in [2.75, 3.05) is 0 Å². The molecule has 2 bridgehead atoms. The van der Waals surface area contributed by atoms with Crippen LogP contribution in [0.3, 0.4) is 0 Å². The van der Waals surface area contributed by atoms with Gasteiger partial charge in [0.1, 0.15) is 0 Å². The molecule has 0 aromatic carbocycles. The fourth-order valence-electron chi connectivity index (χ4n) is 3.03. The highest BCUT2D eigenvalue weighted by Gasteiger charge is 2.72. The van der Waals surface area contributed by atoms with Crippen LogP contribution < -0.4 is 0 Å². The molecule has 2 atom stereocenters. The maximum atomic E-state index is 11.8. The van der Waals surface area contributed by atoms with E-state index in [0.29, 0.717) is 0 Å². The van der Waals surface area contributed by atoms with E-state index in [4.69, 9.17) is 0 Å². The molecule has 0 aromatic heterocycles. The maximum absolute atomic E-state index is 11.8. The van der Waals surface area contributed by atoms with Crippen molar-refractivity contribution < 1.29 is 9.59 Å². The third-order valence-electron chi connectivity index (χ3n) is 5.09. The highest BCUT2D eigenvalue weighted by molar-refractivity contribution is 6.44. The molecular weight excluding hydrogens is 164 g/mol. The van der Waals surface area contributed by atoms with Crippen LogP contribution in [0.1, 0.15) is 40.5 Å². The first-order valence-corrected chi connectivity index (χ1v) is 4.87. The zero-order chi connectivity index (χ0) is 10.1. The van der Waals surface area contributed by atoms with Gasteiger partial charge < -0.3 is 0 Å². The highest BCUT2D eigenvalue weighted by atomic mass is 16.2. The molecule has 0 aromatic rings. The second kappa shape index (κ2) is 1.89. The maximum Gasteiger partial charge on any atom is 0.205 e. The average Bonchev–Trinajstić information content (AvgIpc) is 2.28. The first-order chi connectivity index (χ1) is 5.77. The van der Waals surface area contributed by atoms with E-state index in [0.717, 1.165) is 12.8 Å². The van der Waals surface area contributed by atoms with Crippen LogP contribution >= 0.6 is 0 Å². The zero-order valence-corrected chi connectivity index (χ0v) is 8.73. The van der Waals surface area contributed by atoms with Crippen molar-refractivity contribution in [3.05, 3.63) is 0 Å². The van der Waals surface area contributed by atoms with Gasteiger partial charge in [0.15, 0.2) is 0 Å². The Hall–Kier alpha value is -0.660. The largest absolute Gasteiger partial charge is 0.290 e. The van der Waals surface area contributed by atoms with Crippen LogP contribution in [-0.4, -0.2) is 11.6 Å². The van der Waals surface area contributed by atoms with Crippen molar-refractivity contribution in [1.82, 2.24) is 0 Å². The van der Waals surface area contributed by atoms with Gasteiger partial charge in [-0.15, -0.1) is 0 Å². The topological polar surface area (TPSA) is 34.1 Å². The summed E-state index contributed by atoms with van der Waals surface area (Å²) >= 11 is 0. The minimum Gasteiger partial charge on any atom is -0.290 e. The Morgan fingerprint density at radius 1 is 0.846 bits per heavy atom. The standard InChI is InChI=1S/C11H16O2/c1-9(2)10(3)5-6-11(9,4)8(13)7(10)12/h5-6H2,1-4H3/t10-,11-/m0/s1. The van der Waals surface area contributed by atoms with Crippen molar-refractivity contribution in [2.24, 2.45) is 16.2 Å². The summed E-state index contributed by atoms with van der Waals surface area (Å²) in [6.07, 6.45) is 1.75. The minimum absolute atomic E-state index is 0.133. The van der Waals surface area contributed by atoms with Gasteiger partial charge in [0.05, 0.1) is 0 Å². The molecule has 0 amide bonds. The molecule has 13 heavy (non-hydrogen) atoms. The first kappa shape index (κ1) is 8.92. The van der Waals surface area contributed by atoms with Gasteiger partial charge in [0.25, 0.3) is 0 Å². The Morgan fingerprint density at radius 3 is 1.31 bits per heavy atom. The number of fused-ring (bicyclic) bond motifs is 2. The zero-order valence-electron chi connectivity index (χ0n) is 8.73. The summed E-state index contributed by atoms with van der Waals surface area (Å²) in [4.78, 5) is 23.5. The number of carbonyl (C=O) groups excluding carboxylic acids is 2. The van der Waals surface area contributed by atoms with Gasteiger partial charge in [-0.3, -0.25) is 9.59 Å². The molecule has 2 aliphatic rings. The summed E-state index contributed by atoms with van der Waals surface area (Å²) < 4.78 is 0. The van der Waals surface area contributed by atoms with Gasteiger partial charge in [0.2, 0.25) is 11.6 Å². The number of hydrogen-bond donors (Lipinski definition) is 0. The van der Waals surface area contributed by atoms with E-state index in [-0.39, 0.29) is 17.0 Å². The average molecular weight is 180 g/mol. The number of carbonyl (C=O) groups is 2. The second-order valence-corrected chi connectivity index (χ2v) is 5.45. The molecule has 0 radical (unpaired) electrons. The van der Waals surface area contributed by atoms with Crippen molar-refractivity contribution >= 4 is 11.6 Å². The molecule has 0 saturated heterocycles. The van der Waals surface area contributed by atoms with E-state index >= 15 is 0 Å². The van der Waals surface area contributed by atoms with Crippen LogP contribution in [0, 0.1) is 16.2 Å². The molecule has 2 fully saturated rings. The van der Waals surface area contributed by atoms with Crippen molar-refractivity contribution in [3.63, 3.8) is 0 Å². The van der Waals surface area contributed by atoms with Crippen LogP contribution in [0.5, 0.6) is 0 Å². The molecule has 72 valence electrons. The molecule has 2 saturated carbocycles. The predicted molar refractivity (Wildman–Crippen MR) is 49.2 cm³/mol. The Labute approximate surface area is 78.7 Å². The van der Waals surface area contributed by atoms with Crippen LogP contribution in [0.4, 0.5) is 0 Å². The molecule has 2 aliphatic carbocycles. The number of hydrogen-bond acceptors (Lipinski definition) is 2. The summed E-state index contributed by atoms with van der Waals surface area (Å²) in [5.74, 6) is -0.266. The van der Waals surface area contributed by atoms with E-state index < -0.39 is 10.8 Å². The van der Waals surface area contributed by atoms with Gasteiger partial charge in [0, 0.05) is 10.8 Å². The van der Waals surface area contributed by atoms with Gasteiger partial charge in [-0.25, -0.2) is 0 Å². The Balaban J connectivity index is 2.68. The fraction of sp³-hybridized carbons (Fsp3) is 0.818. The van der Waals surface area contributed by atoms with Crippen LogP contribution in [-0.2, 0) is 9.59 Å². The van der Waals surface area contributed by atoms with Gasteiger partial charge in [-0.2, -0.15) is 0 Å². The molecular formula is C11H16O2. The Bertz CT molecular complexity index is 286. The molecule has 2 heteroatoms. The minimum atomic E-state index is -0.390. The monoisotopic (exact) mass is 180 g/mol. The summed E-state index contributed by atoms with van der Waals surface area (Å²) in [6, 6.07) is 0. The molecule has 0 unspecified atom stereocenters. The van der Waals surface area contributed by atoms with E-state index in [9.17, 15) is 9.59 Å². The number of Topliss-reactive ketones (excluding diaryl/α,β-unsaturated/α-hetero) is 2. The predicted octanol–water partition coefficient (Wildman–Crippen LogP) is 1.97. The van der Waals surface area contributed by atoms with Crippen LogP contribution in [0.2, 0.25) is 0 Å². The lowest BCUT2D eigenvalue weighted by atomic mass is 9.66. The van der Waals surface area contributed by atoms with Crippen molar-refractivity contribution in [3.8, 4) is 0 Å². The molecule has 0 aliphatic heterocycles. The number of rotatable bonds is 0. The van der Waals surface area contributed by atoms with E-state index in [1.165, 1.54) is 0 Å². The molecule has 2 nitrogen and oxygen atoms in total. The lowest BCUT2D eigenvalue weighted by Crippen LogP contribution is -2.34. The van der Waals surface area contributed by atoms with Gasteiger partial charge in [-0.05, 0) is 18.3 Å². The van der Waals surface area contributed by atoms with Gasteiger partial charge in [-0.1, -0.05) is 27.7 Å². The number of ketones is 2. The summed E-state index contributed by atoms with van der Waals surface area (Å²) in [7, 11) is 0. The molecule has 0 heterocycles. The lowest BCUT2D eigenvalue weighted by Gasteiger charge is -2.35. The van der Waals surface area contributed by atoms with Crippen molar-refractivity contribution in [2.45, 2.75) is 40.5 Å². The van der Waals surface area contributed by atoms with Gasteiger partial charge >= 0.3 is 0 Å². The second-order valence-electron chi connectivity index (χ2n) is 5.45. The Morgan fingerprint density at radius 2 is 1.15 bits per heavy atom. The van der Waals surface area contributed by atoms with Crippen LogP contribution in [0.15, 0.2) is 0 Å². The smallest absolute Gasteiger partial charge is 0.205 e. The highest BCUT2D eigenvalue weighted by Crippen LogP contribution is 2.68. The van der Waals surface area contributed by atoms with Crippen molar-refractivity contribution in [1.29, 1.82) is 0 Å². The summed E-state index contributed by atoms with van der Waals surface area (Å²) in [5, 5.41) is 0. The molecule has 0 N–H and O–H groups in total. The quantitative estimate of drug-likeness (QED) is 0.534.